The lowest BCUT2D eigenvalue weighted by molar-refractivity contribution is -0.117. The number of nitrogens with zero attached hydrogens (tertiary/aromatic N) is 2. The van der Waals surface area contributed by atoms with Gasteiger partial charge >= 0.3 is 0 Å². The maximum absolute atomic E-state index is 11.8. The van der Waals surface area contributed by atoms with Crippen LogP contribution < -0.4 is 9.64 Å². The van der Waals surface area contributed by atoms with Crippen molar-refractivity contribution in [2.45, 2.75) is 11.7 Å². The first-order valence-electron chi connectivity index (χ1n) is 5.22. The summed E-state index contributed by atoms with van der Waals surface area (Å²) < 4.78 is 5.21. The van der Waals surface area contributed by atoms with Crippen molar-refractivity contribution in [3.63, 3.8) is 0 Å². The molecule has 0 bridgehead atoms. The summed E-state index contributed by atoms with van der Waals surface area (Å²) in [7, 11) is 1.53. The van der Waals surface area contributed by atoms with E-state index in [4.69, 9.17) is 10.00 Å². The number of anilines is 1. The second-order valence-corrected chi connectivity index (χ2v) is 4.59. The molecule has 0 radical (unpaired) electrons. The van der Waals surface area contributed by atoms with Crippen molar-refractivity contribution in [3.8, 4) is 11.8 Å². The Bertz CT molecular complexity index is 496. The topological polar surface area (TPSA) is 53.3 Å². The van der Waals surface area contributed by atoms with Crippen LogP contribution in [0.25, 0.3) is 0 Å². The van der Waals surface area contributed by atoms with Crippen LogP contribution in [0.1, 0.15) is 12.0 Å². The van der Waals surface area contributed by atoms with E-state index in [0.717, 1.165) is 0 Å². The number of ether oxygens (including phenoxy) is 1. The molecule has 0 aliphatic carbocycles. The number of carbonyl (C=O) groups excluding carboxylic acids is 1. The molecule has 1 aliphatic heterocycles. The first-order valence-corrected chi connectivity index (χ1v) is 5.74. The summed E-state index contributed by atoms with van der Waals surface area (Å²) in [6.07, 6.45) is 0.437. The van der Waals surface area contributed by atoms with Crippen molar-refractivity contribution in [1.82, 2.24) is 0 Å². The van der Waals surface area contributed by atoms with E-state index in [9.17, 15) is 4.79 Å². The molecule has 5 heteroatoms. The summed E-state index contributed by atoms with van der Waals surface area (Å²) in [5, 5.41) is 8.87. The lowest BCUT2D eigenvalue weighted by Gasteiger charge is -2.19. The molecule has 1 saturated heterocycles. The molecule has 0 spiro atoms. The van der Waals surface area contributed by atoms with Crippen molar-refractivity contribution < 1.29 is 9.53 Å². The van der Waals surface area contributed by atoms with Crippen LogP contribution in [0.3, 0.4) is 0 Å². The van der Waals surface area contributed by atoms with Crippen LogP contribution in [0.2, 0.25) is 0 Å². The number of methoxy groups -OCH3 is 1. The minimum atomic E-state index is 0.0352. The molecule has 0 saturated carbocycles. The number of amides is 1. The molecule has 17 heavy (non-hydrogen) atoms. The molecule has 4 nitrogen and oxygen atoms in total. The van der Waals surface area contributed by atoms with Crippen molar-refractivity contribution in [3.05, 3.63) is 23.8 Å². The predicted octanol–water partition coefficient (Wildman–Crippen LogP) is 1.60. The van der Waals surface area contributed by atoms with E-state index in [1.807, 2.05) is 6.07 Å². The lowest BCUT2D eigenvalue weighted by atomic mass is 10.2. The summed E-state index contributed by atoms with van der Waals surface area (Å²) in [5.74, 6) is 0.577. The maximum Gasteiger partial charge on any atom is 0.228 e. The van der Waals surface area contributed by atoms with Gasteiger partial charge < -0.3 is 9.64 Å². The van der Waals surface area contributed by atoms with Gasteiger partial charge in [-0.05, 0) is 12.1 Å². The quantitative estimate of drug-likeness (QED) is 0.809. The molecule has 88 valence electrons. The van der Waals surface area contributed by atoms with Crippen molar-refractivity contribution >= 4 is 24.2 Å². The Morgan fingerprint density at radius 3 is 2.88 bits per heavy atom. The molecule has 1 aromatic carbocycles. The van der Waals surface area contributed by atoms with Gasteiger partial charge in [-0.1, -0.05) is 0 Å². The third kappa shape index (κ3) is 2.22. The molecule has 1 amide bonds. The van der Waals surface area contributed by atoms with Crippen LogP contribution in [0.4, 0.5) is 5.69 Å². The highest BCUT2D eigenvalue weighted by Crippen LogP contribution is 2.33. The van der Waals surface area contributed by atoms with Gasteiger partial charge in [-0.3, -0.25) is 4.79 Å². The number of hydrogen-bond donors (Lipinski definition) is 1. The Hall–Kier alpha value is -1.67. The molecule has 0 aromatic heterocycles. The Morgan fingerprint density at radius 2 is 2.35 bits per heavy atom. The molecule has 0 N–H and O–H groups in total. The fraction of sp³-hybridized carbons (Fsp3) is 0.333. The van der Waals surface area contributed by atoms with Crippen LogP contribution in [-0.4, -0.2) is 24.8 Å². The molecule has 1 unspecified atom stereocenters. The fourth-order valence-corrected chi connectivity index (χ4v) is 2.21. The van der Waals surface area contributed by atoms with E-state index in [0.29, 0.717) is 30.0 Å². The lowest BCUT2D eigenvalue weighted by Crippen LogP contribution is -2.25. The summed E-state index contributed by atoms with van der Waals surface area (Å²) >= 11 is 4.31. The third-order valence-corrected chi connectivity index (χ3v) is 3.05. The Kier molecular flexibility index (Phi) is 3.25. The Labute approximate surface area is 105 Å². The SMILES string of the molecule is COc1cc(C#N)ccc1N1CC(S)CC1=O. The van der Waals surface area contributed by atoms with Gasteiger partial charge in [-0.15, -0.1) is 0 Å². The summed E-state index contributed by atoms with van der Waals surface area (Å²) in [6, 6.07) is 7.09. The Morgan fingerprint density at radius 1 is 1.59 bits per heavy atom. The van der Waals surface area contributed by atoms with Gasteiger partial charge in [0.1, 0.15) is 5.75 Å². The third-order valence-electron chi connectivity index (χ3n) is 2.70. The van der Waals surface area contributed by atoms with Crippen LogP contribution in [0.5, 0.6) is 5.75 Å². The van der Waals surface area contributed by atoms with E-state index < -0.39 is 0 Å². The van der Waals surface area contributed by atoms with Gasteiger partial charge in [0.25, 0.3) is 0 Å². The van der Waals surface area contributed by atoms with Crippen molar-refractivity contribution in [1.29, 1.82) is 5.26 Å². The molecular formula is C12H12N2O2S. The predicted molar refractivity (Wildman–Crippen MR) is 67.5 cm³/mol. The summed E-state index contributed by atoms with van der Waals surface area (Å²) in [6.45, 7) is 0.574. The van der Waals surface area contributed by atoms with Gasteiger partial charge in [0.2, 0.25) is 5.91 Å². The van der Waals surface area contributed by atoms with Gasteiger partial charge in [-0.25, -0.2) is 0 Å². The van der Waals surface area contributed by atoms with Crippen molar-refractivity contribution in [2.24, 2.45) is 0 Å². The average Bonchev–Trinajstić information content (AvgIpc) is 2.67. The molecular weight excluding hydrogens is 236 g/mol. The normalized spacial score (nSPS) is 19.2. The molecule has 1 aromatic rings. The highest BCUT2D eigenvalue weighted by Gasteiger charge is 2.30. The maximum atomic E-state index is 11.8. The molecule has 1 heterocycles. The van der Waals surface area contributed by atoms with Crippen LogP contribution in [-0.2, 0) is 4.79 Å². The van der Waals surface area contributed by atoms with E-state index in [-0.39, 0.29) is 11.2 Å². The highest BCUT2D eigenvalue weighted by atomic mass is 32.1. The van der Waals surface area contributed by atoms with Gasteiger partial charge in [0.15, 0.2) is 0 Å². The highest BCUT2D eigenvalue weighted by molar-refractivity contribution is 7.81. The minimum absolute atomic E-state index is 0.0352. The number of rotatable bonds is 2. The van der Waals surface area contributed by atoms with Crippen molar-refractivity contribution in [2.75, 3.05) is 18.6 Å². The molecule has 1 atom stereocenters. The van der Waals surface area contributed by atoms with Crippen LogP contribution in [0.15, 0.2) is 18.2 Å². The number of benzene rings is 1. The number of hydrogen-bond acceptors (Lipinski definition) is 4. The second kappa shape index (κ2) is 4.68. The zero-order valence-electron chi connectivity index (χ0n) is 9.38. The van der Waals surface area contributed by atoms with Gasteiger partial charge in [-0.2, -0.15) is 17.9 Å². The minimum Gasteiger partial charge on any atom is -0.495 e. The van der Waals surface area contributed by atoms with E-state index in [1.165, 1.54) is 7.11 Å². The number of thiol groups is 1. The zero-order chi connectivity index (χ0) is 12.4. The monoisotopic (exact) mass is 248 g/mol. The molecule has 1 aliphatic rings. The van der Waals surface area contributed by atoms with Crippen LogP contribution >= 0.6 is 12.6 Å². The number of carbonyl (C=O) groups is 1. The summed E-state index contributed by atoms with van der Waals surface area (Å²) in [4.78, 5) is 13.4. The average molecular weight is 248 g/mol. The van der Waals surface area contributed by atoms with Gasteiger partial charge in [0, 0.05) is 24.3 Å². The van der Waals surface area contributed by atoms with Crippen LogP contribution in [0, 0.1) is 11.3 Å². The first-order chi connectivity index (χ1) is 8.15. The Balaban J connectivity index is 2.39. The zero-order valence-corrected chi connectivity index (χ0v) is 10.3. The van der Waals surface area contributed by atoms with Gasteiger partial charge in [0.05, 0.1) is 24.4 Å². The van der Waals surface area contributed by atoms with E-state index >= 15 is 0 Å². The number of nitriles is 1. The van der Waals surface area contributed by atoms with E-state index in [1.54, 1.807) is 23.1 Å². The molecule has 1 fully saturated rings. The first kappa shape index (κ1) is 11.8. The fourth-order valence-electron chi connectivity index (χ4n) is 1.89. The standard InChI is InChI=1S/C12H12N2O2S/c1-16-11-4-8(6-13)2-3-10(11)14-7-9(17)5-12(14)15/h2-4,9,17H,5,7H2,1H3. The smallest absolute Gasteiger partial charge is 0.228 e. The largest absolute Gasteiger partial charge is 0.495 e. The van der Waals surface area contributed by atoms with E-state index in [2.05, 4.69) is 12.6 Å². The second-order valence-electron chi connectivity index (χ2n) is 3.86. The summed E-state index contributed by atoms with van der Waals surface area (Å²) in [5.41, 5.74) is 1.22. The molecule has 2 rings (SSSR count).